The summed E-state index contributed by atoms with van der Waals surface area (Å²) in [5, 5.41) is 5.28. The molecule has 0 aliphatic rings. The van der Waals surface area contributed by atoms with E-state index < -0.39 is 6.04 Å². The molecule has 106 valence electrons. The van der Waals surface area contributed by atoms with Crippen LogP contribution in [0.15, 0.2) is 42.5 Å². The van der Waals surface area contributed by atoms with Crippen LogP contribution in [0.25, 0.3) is 10.8 Å². The van der Waals surface area contributed by atoms with Crippen LogP contribution >= 0.6 is 0 Å². The van der Waals surface area contributed by atoms with Crippen molar-refractivity contribution in [2.24, 2.45) is 11.1 Å². The largest absolute Gasteiger partial charge is 0.351 e. The summed E-state index contributed by atoms with van der Waals surface area (Å²) in [5.41, 5.74) is 6.83. The number of carbonyl (C=O) groups excluding carboxylic acids is 1. The summed E-state index contributed by atoms with van der Waals surface area (Å²) in [5.74, 6) is -0.106. The summed E-state index contributed by atoms with van der Waals surface area (Å²) in [6.07, 6.45) is 0. The first-order valence-electron chi connectivity index (χ1n) is 6.89. The van der Waals surface area contributed by atoms with Gasteiger partial charge in [0.05, 0.1) is 6.04 Å². The van der Waals surface area contributed by atoms with Crippen LogP contribution in [0.4, 0.5) is 0 Å². The number of nitrogens with one attached hydrogen (secondary N) is 1. The maximum absolute atomic E-state index is 12.1. The molecular formula is C17H22N2O. The first-order chi connectivity index (χ1) is 9.39. The lowest BCUT2D eigenvalue weighted by Gasteiger charge is -2.25. The van der Waals surface area contributed by atoms with Crippen LogP contribution < -0.4 is 11.1 Å². The molecule has 1 amide bonds. The van der Waals surface area contributed by atoms with Gasteiger partial charge in [0.1, 0.15) is 0 Å². The van der Waals surface area contributed by atoms with E-state index in [1.54, 1.807) is 0 Å². The lowest BCUT2D eigenvalue weighted by atomic mass is 9.87. The average Bonchev–Trinajstić information content (AvgIpc) is 2.42. The van der Waals surface area contributed by atoms with Crippen molar-refractivity contribution < 1.29 is 4.79 Å². The molecule has 0 aromatic heterocycles. The average molecular weight is 270 g/mol. The second kappa shape index (κ2) is 5.63. The minimum atomic E-state index is -0.502. The van der Waals surface area contributed by atoms with E-state index >= 15 is 0 Å². The SMILES string of the molecule is CC(C)(C)[C@H](N)C(=O)NCc1cccc2ccccc12. The third-order valence-electron chi connectivity index (χ3n) is 3.55. The molecule has 1 atom stereocenters. The number of hydrogen-bond acceptors (Lipinski definition) is 2. The molecule has 0 saturated heterocycles. The quantitative estimate of drug-likeness (QED) is 0.901. The van der Waals surface area contributed by atoms with E-state index in [-0.39, 0.29) is 11.3 Å². The summed E-state index contributed by atoms with van der Waals surface area (Å²) < 4.78 is 0. The number of benzene rings is 2. The molecule has 0 aliphatic heterocycles. The van der Waals surface area contributed by atoms with Gasteiger partial charge in [0.2, 0.25) is 5.91 Å². The molecule has 3 heteroatoms. The summed E-state index contributed by atoms with van der Waals surface area (Å²) in [6.45, 7) is 6.41. The lowest BCUT2D eigenvalue weighted by Crippen LogP contribution is -2.48. The summed E-state index contributed by atoms with van der Waals surface area (Å²) in [7, 11) is 0. The molecule has 0 radical (unpaired) electrons. The number of fused-ring (bicyclic) bond motifs is 1. The molecule has 0 fully saturated rings. The number of rotatable bonds is 3. The van der Waals surface area contributed by atoms with Gasteiger partial charge < -0.3 is 11.1 Å². The first-order valence-corrected chi connectivity index (χ1v) is 6.89. The van der Waals surface area contributed by atoms with Crippen LogP contribution in [0, 0.1) is 5.41 Å². The zero-order chi connectivity index (χ0) is 14.8. The van der Waals surface area contributed by atoms with E-state index in [1.807, 2.05) is 45.0 Å². The van der Waals surface area contributed by atoms with E-state index in [4.69, 9.17) is 5.73 Å². The summed E-state index contributed by atoms with van der Waals surface area (Å²) >= 11 is 0. The predicted molar refractivity (Wildman–Crippen MR) is 83.2 cm³/mol. The fourth-order valence-electron chi connectivity index (χ4n) is 2.13. The Balaban J connectivity index is 2.12. The van der Waals surface area contributed by atoms with Crippen molar-refractivity contribution in [3.63, 3.8) is 0 Å². The molecule has 2 aromatic carbocycles. The highest BCUT2D eigenvalue weighted by molar-refractivity contribution is 5.87. The molecule has 0 unspecified atom stereocenters. The zero-order valence-electron chi connectivity index (χ0n) is 12.3. The van der Waals surface area contributed by atoms with Crippen LogP contribution in [0.2, 0.25) is 0 Å². The Hall–Kier alpha value is -1.87. The molecule has 20 heavy (non-hydrogen) atoms. The fourth-order valence-corrected chi connectivity index (χ4v) is 2.13. The molecule has 0 saturated carbocycles. The highest BCUT2D eigenvalue weighted by atomic mass is 16.2. The fraction of sp³-hybridized carbons (Fsp3) is 0.353. The van der Waals surface area contributed by atoms with Crippen LogP contribution in [0.5, 0.6) is 0 Å². The molecule has 0 aliphatic carbocycles. The van der Waals surface area contributed by atoms with Crippen molar-refractivity contribution in [3.05, 3.63) is 48.0 Å². The van der Waals surface area contributed by atoms with Crippen molar-refractivity contribution in [1.29, 1.82) is 0 Å². The Bertz CT molecular complexity index is 608. The van der Waals surface area contributed by atoms with Gasteiger partial charge in [-0.05, 0) is 21.8 Å². The van der Waals surface area contributed by atoms with Gasteiger partial charge in [0, 0.05) is 6.54 Å². The van der Waals surface area contributed by atoms with Gasteiger partial charge in [0.15, 0.2) is 0 Å². The monoisotopic (exact) mass is 270 g/mol. The molecule has 0 spiro atoms. The number of nitrogens with two attached hydrogens (primary N) is 1. The van der Waals surface area contributed by atoms with Gasteiger partial charge in [-0.2, -0.15) is 0 Å². The van der Waals surface area contributed by atoms with Crippen LogP contribution in [0.3, 0.4) is 0 Å². The second-order valence-electron chi connectivity index (χ2n) is 6.20. The molecule has 2 aromatic rings. The topological polar surface area (TPSA) is 55.1 Å². The van der Waals surface area contributed by atoms with Crippen LogP contribution in [0.1, 0.15) is 26.3 Å². The van der Waals surface area contributed by atoms with E-state index in [0.717, 1.165) is 5.56 Å². The Morgan fingerprint density at radius 1 is 1.15 bits per heavy atom. The Labute approximate surface area is 120 Å². The van der Waals surface area contributed by atoms with Gasteiger partial charge in [-0.25, -0.2) is 0 Å². The Kier molecular flexibility index (Phi) is 4.09. The van der Waals surface area contributed by atoms with Crippen molar-refractivity contribution >= 4 is 16.7 Å². The Morgan fingerprint density at radius 2 is 1.80 bits per heavy atom. The first kappa shape index (κ1) is 14.5. The summed E-state index contributed by atoms with van der Waals surface area (Å²) in [6, 6.07) is 13.8. The smallest absolute Gasteiger partial charge is 0.237 e. The Morgan fingerprint density at radius 3 is 2.50 bits per heavy atom. The van der Waals surface area contributed by atoms with Gasteiger partial charge in [-0.15, -0.1) is 0 Å². The molecule has 2 rings (SSSR count). The van der Waals surface area contributed by atoms with Crippen molar-refractivity contribution in [2.75, 3.05) is 0 Å². The second-order valence-corrected chi connectivity index (χ2v) is 6.20. The van der Waals surface area contributed by atoms with Gasteiger partial charge in [-0.3, -0.25) is 4.79 Å². The maximum Gasteiger partial charge on any atom is 0.237 e. The standard InChI is InChI=1S/C17H22N2O/c1-17(2,3)15(18)16(20)19-11-13-9-6-8-12-7-4-5-10-14(12)13/h4-10,15H,11,18H2,1-3H3,(H,19,20)/t15-/m1/s1. The minimum absolute atomic E-state index is 0.106. The van der Waals surface area contributed by atoms with Crippen molar-refractivity contribution in [3.8, 4) is 0 Å². The van der Waals surface area contributed by atoms with Crippen LogP contribution in [-0.4, -0.2) is 11.9 Å². The molecule has 0 bridgehead atoms. The number of amides is 1. The predicted octanol–water partition coefficient (Wildman–Crippen LogP) is 2.83. The highest BCUT2D eigenvalue weighted by Gasteiger charge is 2.27. The lowest BCUT2D eigenvalue weighted by molar-refractivity contribution is -0.124. The number of carbonyl (C=O) groups is 1. The van der Waals surface area contributed by atoms with E-state index in [0.29, 0.717) is 6.54 Å². The number of hydrogen-bond donors (Lipinski definition) is 2. The van der Waals surface area contributed by atoms with Gasteiger partial charge in [0.25, 0.3) is 0 Å². The normalized spacial score (nSPS) is 13.2. The molecule has 3 nitrogen and oxygen atoms in total. The van der Waals surface area contributed by atoms with E-state index in [9.17, 15) is 4.79 Å². The molecule has 3 N–H and O–H groups in total. The molecular weight excluding hydrogens is 248 g/mol. The van der Waals surface area contributed by atoms with Crippen molar-refractivity contribution in [2.45, 2.75) is 33.4 Å². The molecule has 0 heterocycles. The third-order valence-corrected chi connectivity index (χ3v) is 3.55. The zero-order valence-corrected chi connectivity index (χ0v) is 12.3. The third kappa shape index (κ3) is 3.17. The van der Waals surface area contributed by atoms with E-state index in [2.05, 4.69) is 23.5 Å². The van der Waals surface area contributed by atoms with E-state index in [1.165, 1.54) is 10.8 Å². The van der Waals surface area contributed by atoms with Gasteiger partial charge >= 0.3 is 0 Å². The van der Waals surface area contributed by atoms with Gasteiger partial charge in [-0.1, -0.05) is 63.2 Å². The summed E-state index contributed by atoms with van der Waals surface area (Å²) in [4.78, 5) is 12.1. The van der Waals surface area contributed by atoms with Crippen LogP contribution in [-0.2, 0) is 11.3 Å². The minimum Gasteiger partial charge on any atom is -0.351 e. The maximum atomic E-state index is 12.1. The van der Waals surface area contributed by atoms with Crippen molar-refractivity contribution in [1.82, 2.24) is 5.32 Å². The highest BCUT2D eigenvalue weighted by Crippen LogP contribution is 2.19.